The minimum absolute atomic E-state index is 0.0991. The number of nitrogens with one attached hydrogen (secondary N) is 3. The summed E-state index contributed by atoms with van der Waals surface area (Å²) in [6, 6.07) is 5.28. The number of carbonyl (C=O) groups excluding carboxylic acids is 2. The Balaban J connectivity index is 2.62. The quantitative estimate of drug-likeness (QED) is 0.508. The molecule has 0 fully saturated rings. The minimum Gasteiger partial charge on any atom is -0.351 e. The van der Waals surface area contributed by atoms with Crippen LogP contribution in [0.2, 0.25) is 0 Å². The van der Waals surface area contributed by atoms with Gasteiger partial charge in [-0.3, -0.25) is 9.59 Å². The van der Waals surface area contributed by atoms with Crippen molar-refractivity contribution in [3.63, 3.8) is 0 Å². The highest BCUT2D eigenvalue weighted by molar-refractivity contribution is 7.98. The first kappa shape index (κ1) is 17.5. The van der Waals surface area contributed by atoms with Gasteiger partial charge in [0, 0.05) is 30.5 Å². The minimum atomic E-state index is -0.121. The third-order valence-electron chi connectivity index (χ3n) is 2.79. The number of carbonyl (C=O) groups is 2. The fraction of sp³-hybridized carbons (Fsp3) is 0.467. The molecular formula is C15H23N3O2S. The summed E-state index contributed by atoms with van der Waals surface area (Å²) in [7, 11) is 0. The monoisotopic (exact) mass is 309 g/mol. The van der Waals surface area contributed by atoms with Crippen LogP contribution in [0, 0.1) is 0 Å². The Labute approximate surface area is 130 Å². The maximum absolute atomic E-state index is 12.0. The smallest absolute Gasteiger partial charge is 0.251 e. The van der Waals surface area contributed by atoms with Gasteiger partial charge in [-0.05, 0) is 37.4 Å². The van der Waals surface area contributed by atoms with Crippen LogP contribution < -0.4 is 16.0 Å². The molecule has 0 aliphatic carbocycles. The zero-order valence-electron chi connectivity index (χ0n) is 12.8. The van der Waals surface area contributed by atoms with E-state index >= 15 is 0 Å². The Bertz CT molecular complexity index is 492. The zero-order valence-corrected chi connectivity index (χ0v) is 13.6. The molecule has 116 valence electrons. The van der Waals surface area contributed by atoms with E-state index in [1.165, 1.54) is 18.7 Å². The Morgan fingerprint density at radius 3 is 2.57 bits per heavy atom. The molecule has 1 rings (SSSR count). The predicted octanol–water partition coefficient (Wildman–Crippen LogP) is 2.10. The van der Waals surface area contributed by atoms with Crippen molar-refractivity contribution >= 4 is 29.3 Å². The topological polar surface area (TPSA) is 70.2 Å². The summed E-state index contributed by atoms with van der Waals surface area (Å²) >= 11 is 1.50. The van der Waals surface area contributed by atoms with Gasteiger partial charge in [0.15, 0.2) is 0 Å². The summed E-state index contributed by atoms with van der Waals surface area (Å²) in [5.41, 5.74) is 1.33. The highest BCUT2D eigenvalue weighted by atomic mass is 32.2. The number of hydrogen-bond donors (Lipinski definition) is 3. The number of amides is 2. The number of anilines is 1. The van der Waals surface area contributed by atoms with Crippen molar-refractivity contribution in [1.29, 1.82) is 0 Å². The van der Waals surface area contributed by atoms with Crippen LogP contribution in [0.15, 0.2) is 23.1 Å². The van der Waals surface area contributed by atoms with Crippen LogP contribution in [-0.2, 0) is 4.79 Å². The number of benzene rings is 1. The molecule has 0 aliphatic heterocycles. The Hall–Kier alpha value is -1.53. The van der Waals surface area contributed by atoms with E-state index in [1.54, 1.807) is 18.2 Å². The maximum Gasteiger partial charge on any atom is 0.251 e. The van der Waals surface area contributed by atoms with Gasteiger partial charge in [-0.2, -0.15) is 0 Å². The Morgan fingerprint density at radius 2 is 1.95 bits per heavy atom. The predicted molar refractivity (Wildman–Crippen MR) is 88.0 cm³/mol. The lowest BCUT2D eigenvalue weighted by atomic mass is 10.2. The summed E-state index contributed by atoms with van der Waals surface area (Å²) in [5.74, 6) is -0.220. The van der Waals surface area contributed by atoms with Crippen molar-refractivity contribution in [2.45, 2.75) is 25.2 Å². The molecule has 21 heavy (non-hydrogen) atoms. The number of thioether (sulfide) groups is 1. The lowest BCUT2D eigenvalue weighted by Crippen LogP contribution is -2.32. The van der Waals surface area contributed by atoms with Gasteiger partial charge in [-0.1, -0.05) is 6.92 Å². The third kappa shape index (κ3) is 6.18. The van der Waals surface area contributed by atoms with Crippen molar-refractivity contribution in [2.24, 2.45) is 0 Å². The number of rotatable bonds is 8. The van der Waals surface area contributed by atoms with Crippen molar-refractivity contribution in [3.8, 4) is 0 Å². The van der Waals surface area contributed by atoms with E-state index in [2.05, 4.69) is 22.9 Å². The van der Waals surface area contributed by atoms with Gasteiger partial charge in [-0.25, -0.2) is 0 Å². The lowest BCUT2D eigenvalue weighted by Gasteiger charge is -2.11. The Morgan fingerprint density at radius 1 is 1.19 bits per heavy atom. The SMILES string of the molecule is CCCNCCNC(=O)c1ccc(NC(C)=O)c(SC)c1. The van der Waals surface area contributed by atoms with Gasteiger partial charge in [-0.15, -0.1) is 11.8 Å². The molecule has 0 unspecified atom stereocenters. The molecule has 6 heteroatoms. The van der Waals surface area contributed by atoms with E-state index in [0.717, 1.165) is 30.1 Å². The molecule has 2 amide bonds. The first-order valence-corrected chi connectivity index (χ1v) is 8.25. The molecule has 0 atom stereocenters. The summed E-state index contributed by atoms with van der Waals surface area (Å²) in [5, 5.41) is 8.86. The molecule has 0 saturated heterocycles. The summed E-state index contributed by atoms with van der Waals surface area (Å²) in [4.78, 5) is 24.0. The van der Waals surface area contributed by atoms with Gasteiger partial charge in [0.2, 0.25) is 5.91 Å². The highest BCUT2D eigenvalue weighted by Gasteiger charge is 2.09. The van der Waals surface area contributed by atoms with Gasteiger partial charge in [0.05, 0.1) is 5.69 Å². The van der Waals surface area contributed by atoms with Crippen LogP contribution in [-0.4, -0.2) is 37.7 Å². The van der Waals surface area contributed by atoms with E-state index in [0.29, 0.717) is 12.1 Å². The summed E-state index contributed by atoms with van der Waals surface area (Å²) in [6.07, 6.45) is 2.99. The van der Waals surface area contributed by atoms with E-state index in [4.69, 9.17) is 0 Å². The fourth-order valence-electron chi connectivity index (χ4n) is 1.79. The Kier molecular flexibility index (Phi) is 7.85. The molecule has 0 aromatic heterocycles. The molecule has 0 bridgehead atoms. The second-order valence-electron chi connectivity index (χ2n) is 4.60. The standard InChI is InChI=1S/C15H23N3O2S/c1-4-7-16-8-9-17-15(20)12-5-6-13(18-11(2)19)14(10-12)21-3/h5-6,10,16H,4,7-9H2,1-3H3,(H,17,20)(H,18,19). The second kappa shape index (κ2) is 9.41. The van der Waals surface area contributed by atoms with Gasteiger partial charge >= 0.3 is 0 Å². The first-order valence-electron chi connectivity index (χ1n) is 7.03. The van der Waals surface area contributed by atoms with Gasteiger partial charge in [0.1, 0.15) is 0 Å². The van der Waals surface area contributed by atoms with Crippen molar-refractivity contribution in [1.82, 2.24) is 10.6 Å². The highest BCUT2D eigenvalue weighted by Crippen LogP contribution is 2.26. The number of hydrogen-bond acceptors (Lipinski definition) is 4. The fourth-order valence-corrected chi connectivity index (χ4v) is 2.38. The average Bonchev–Trinajstić information content (AvgIpc) is 2.46. The van der Waals surface area contributed by atoms with Crippen molar-refractivity contribution < 1.29 is 9.59 Å². The normalized spacial score (nSPS) is 10.2. The molecule has 3 N–H and O–H groups in total. The molecule has 0 saturated carbocycles. The van der Waals surface area contributed by atoms with E-state index in [9.17, 15) is 9.59 Å². The van der Waals surface area contributed by atoms with E-state index in [1.807, 2.05) is 6.26 Å². The van der Waals surface area contributed by atoms with Crippen molar-refractivity contribution in [3.05, 3.63) is 23.8 Å². The summed E-state index contributed by atoms with van der Waals surface area (Å²) in [6.45, 7) is 5.89. The molecule has 0 aliphatic rings. The van der Waals surface area contributed by atoms with Crippen LogP contribution in [0.4, 0.5) is 5.69 Å². The van der Waals surface area contributed by atoms with E-state index < -0.39 is 0 Å². The van der Waals surface area contributed by atoms with Gasteiger partial charge in [0.25, 0.3) is 5.91 Å². The molecule has 5 nitrogen and oxygen atoms in total. The zero-order chi connectivity index (χ0) is 15.7. The molecular weight excluding hydrogens is 286 g/mol. The van der Waals surface area contributed by atoms with Crippen LogP contribution in [0.25, 0.3) is 0 Å². The van der Waals surface area contributed by atoms with Crippen LogP contribution in [0.3, 0.4) is 0 Å². The van der Waals surface area contributed by atoms with Crippen LogP contribution >= 0.6 is 11.8 Å². The molecule has 1 aromatic rings. The third-order valence-corrected chi connectivity index (χ3v) is 3.57. The average molecular weight is 309 g/mol. The molecule has 0 radical (unpaired) electrons. The van der Waals surface area contributed by atoms with E-state index in [-0.39, 0.29) is 11.8 Å². The molecule has 0 spiro atoms. The van der Waals surface area contributed by atoms with Crippen LogP contribution in [0.1, 0.15) is 30.6 Å². The maximum atomic E-state index is 12.0. The van der Waals surface area contributed by atoms with Crippen LogP contribution in [0.5, 0.6) is 0 Å². The lowest BCUT2D eigenvalue weighted by molar-refractivity contribution is -0.114. The molecule has 1 aromatic carbocycles. The molecule has 0 heterocycles. The largest absolute Gasteiger partial charge is 0.351 e. The van der Waals surface area contributed by atoms with Crippen molar-refractivity contribution in [2.75, 3.05) is 31.2 Å². The first-order chi connectivity index (χ1) is 10.1. The second-order valence-corrected chi connectivity index (χ2v) is 5.45. The summed E-state index contributed by atoms with van der Waals surface area (Å²) < 4.78 is 0. The van der Waals surface area contributed by atoms with Gasteiger partial charge < -0.3 is 16.0 Å².